The normalized spacial score (nSPS) is 16.3. The van der Waals surface area contributed by atoms with Gasteiger partial charge in [0.15, 0.2) is 0 Å². The molecule has 1 atom stereocenters. The number of hydrogen-bond acceptors (Lipinski definition) is 6. The third-order valence-corrected chi connectivity index (χ3v) is 7.65. The zero-order valence-corrected chi connectivity index (χ0v) is 19.7. The van der Waals surface area contributed by atoms with Gasteiger partial charge in [-0.25, -0.2) is 13.4 Å². The highest BCUT2D eigenvalue weighted by molar-refractivity contribution is 7.92. The predicted octanol–water partition coefficient (Wildman–Crippen LogP) is 5.08. The molecule has 8 nitrogen and oxygen atoms in total. The second-order valence-corrected chi connectivity index (χ2v) is 10.8. The van der Waals surface area contributed by atoms with Crippen LogP contribution in [0.2, 0.25) is 0 Å². The van der Waals surface area contributed by atoms with Gasteiger partial charge in [0, 0.05) is 51.1 Å². The summed E-state index contributed by atoms with van der Waals surface area (Å²) in [5.74, 6) is -1.74. The van der Waals surface area contributed by atoms with E-state index in [4.69, 9.17) is 9.20 Å². The molecule has 186 valence electrons. The number of likely N-dealkylation sites (tertiary alicyclic amines) is 1. The molecule has 0 saturated carbocycles. The van der Waals surface area contributed by atoms with Gasteiger partial charge in [-0.1, -0.05) is 24.3 Å². The number of benzene rings is 2. The van der Waals surface area contributed by atoms with E-state index in [0.717, 1.165) is 6.07 Å². The van der Waals surface area contributed by atoms with E-state index in [9.17, 15) is 17.8 Å². The van der Waals surface area contributed by atoms with E-state index < -0.39 is 27.9 Å². The van der Waals surface area contributed by atoms with Crippen molar-refractivity contribution in [3.63, 3.8) is 0 Å². The van der Waals surface area contributed by atoms with Crippen molar-refractivity contribution in [1.82, 2.24) is 15.1 Å². The number of carbonyl (C=O) groups excluding carboxylic acids is 1. The van der Waals surface area contributed by atoms with Gasteiger partial charge in [0.2, 0.25) is 5.89 Å². The van der Waals surface area contributed by atoms with E-state index in [-0.39, 0.29) is 34.8 Å². The molecule has 35 heavy (non-hydrogen) atoms. The van der Waals surface area contributed by atoms with Crippen LogP contribution in [0.5, 0.6) is 0 Å². The minimum Gasteiger partial charge on any atom is -0.415 e. The van der Waals surface area contributed by atoms with Crippen LogP contribution in [-0.2, 0) is 16.3 Å². The maximum absolute atomic E-state index is 15.0. The minimum absolute atomic E-state index is 0.0794. The van der Waals surface area contributed by atoms with Crippen LogP contribution >= 0.6 is 0 Å². The lowest BCUT2D eigenvalue weighted by Crippen LogP contribution is -2.48. The Labute approximate surface area is 200 Å². The Bertz CT molecular complexity index is 1290. The second-order valence-electron chi connectivity index (χ2n) is 8.35. The Morgan fingerprint density at radius 3 is 2.46 bits per heavy atom. The van der Waals surface area contributed by atoms with Gasteiger partial charge >= 0.3 is 12.5 Å². The average Bonchev–Trinajstić information content (AvgIpc) is 3.34. The Morgan fingerprint density at radius 1 is 1.20 bits per heavy atom. The molecular weight excluding hydrogens is 483 g/mol. The summed E-state index contributed by atoms with van der Waals surface area (Å²) < 4.78 is 65.2. The average molecular weight is 508 g/mol. The Morgan fingerprint density at radius 2 is 1.89 bits per heavy atom. The summed E-state index contributed by atoms with van der Waals surface area (Å²) in [5, 5.41) is 6.51. The molecule has 0 bridgehead atoms. The van der Waals surface area contributed by atoms with Crippen molar-refractivity contribution in [2.24, 2.45) is 0 Å². The number of rotatable bonds is 6. The van der Waals surface area contributed by atoms with Gasteiger partial charge in [0.05, 0.1) is 6.54 Å². The lowest BCUT2D eigenvalue weighted by Gasteiger charge is -2.36. The summed E-state index contributed by atoms with van der Waals surface area (Å²) in [7, 11) is -2.69. The predicted molar refractivity (Wildman–Crippen MR) is 124 cm³/mol. The number of nitrogens with zero attached hydrogens (tertiary/aromatic N) is 4. The van der Waals surface area contributed by atoms with E-state index >= 15 is 4.39 Å². The van der Waals surface area contributed by atoms with Crippen LogP contribution in [0.15, 0.2) is 52.9 Å². The molecular formula is C23H24F3N5O3S. The van der Waals surface area contributed by atoms with Crippen LogP contribution in [0.4, 0.5) is 23.7 Å². The molecule has 1 N–H and O–H groups in total. The zero-order chi connectivity index (χ0) is 25.2. The fraction of sp³-hybridized carbons (Fsp3) is 0.348. The fourth-order valence-electron chi connectivity index (χ4n) is 3.96. The summed E-state index contributed by atoms with van der Waals surface area (Å²) in [6.45, 7) is 0.618. The van der Waals surface area contributed by atoms with Gasteiger partial charge in [0.1, 0.15) is 5.82 Å². The van der Waals surface area contributed by atoms with E-state index in [0.29, 0.717) is 31.6 Å². The smallest absolute Gasteiger partial charge is 0.324 e. The number of halogens is 3. The lowest BCUT2D eigenvalue weighted by atomic mass is 10.1. The number of carbonyl (C=O) groups is 1. The lowest BCUT2D eigenvalue weighted by molar-refractivity contribution is 0.116. The van der Waals surface area contributed by atoms with Crippen LogP contribution < -0.4 is 4.90 Å². The first kappa shape index (κ1) is 24.7. The number of hydrogen-bond donors (Lipinski definition) is 1. The molecule has 2 heterocycles. The first-order valence-electron chi connectivity index (χ1n) is 10.9. The van der Waals surface area contributed by atoms with Crippen LogP contribution in [-0.4, -0.2) is 49.9 Å². The van der Waals surface area contributed by atoms with Crippen molar-refractivity contribution in [3.8, 4) is 11.5 Å². The van der Waals surface area contributed by atoms with Crippen molar-refractivity contribution in [2.45, 2.75) is 31.1 Å². The van der Waals surface area contributed by atoms with E-state index in [2.05, 4.69) is 10.2 Å². The van der Waals surface area contributed by atoms with Crippen molar-refractivity contribution in [3.05, 3.63) is 65.8 Å². The number of piperidine rings is 1. The number of amides is 2. The molecule has 1 unspecified atom stereocenters. The topological polar surface area (TPSA) is 103 Å². The van der Waals surface area contributed by atoms with E-state index in [1.54, 1.807) is 35.2 Å². The SMILES string of the molecule is CS(=N)(=O)C1CCN(C(=O)N(Cc2ccc(-c3nnc(C(F)F)o3)cc2F)c2ccccc2)CC1. The molecule has 0 spiro atoms. The van der Waals surface area contributed by atoms with Crippen LogP contribution in [0.1, 0.15) is 30.7 Å². The van der Waals surface area contributed by atoms with Gasteiger partial charge in [0.25, 0.3) is 5.89 Å². The highest BCUT2D eigenvalue weighted by Gasteiger charge is 2.30. The Hall–Kier alpha value is -3.41. The van der Waals surface area contributed by atoms with Crippen molar-refractivity contribution < 1.29 is 26.6 Å². The molecule has 12 heteroatoms. The largest absolute Gasteiger partial charge is 0.415 e. The van der Waals surface area contributed by atoms with Gasteiger partial charge in [-0.05, 0) is 37.1 Å². The number of anilines is 1. The first-order valence-corrected chi connectivity index (χ1v) is 12.9. The molecule has 2 aromatic carbocycles. The highest BCUT2D eigenvalue weighted by Crippen LogP contribution is 2.27. The number of nitrogens with one attached hydrogen (secondary N) is 1. The second kappa shape index (κ2) is 10.1. The summed E-state index contributed by atoms with van der Waals surface area (Å²) >= 11 is 0. The molecule has 0 radical (unpaired) electrons. The molecule has 2 amide bonds. The summed E-state index contributed by atoms with van der Waals surface area (Å²) in [5.41, 5.74) is 0.919. The first-order chi connectivity index (χ1) is 16.6. The summed E-state index contributed by atoms with van der Waals surface area (Å²) in [4.78, 5) is 16.5. The highest BCUT2D eigenvalue weighted by atomic mass is 32.2. The quantitative estimate of drug-likeness (QED) is 0.501. The minimum atomic E-state index is -2.93. The van der Waals surface area contributed by atoms with Gasteiger partial charge in [-0.15, -0.1) is 10.2 Å². The van der Waals surface area contributed by atoms with E-state index in [1.165, 1.54) is 23.3 Å². The van der Waals surface area contributed by atoms with E-state index in [1.807, 2.05) is 0 Å². The zero-order valence-electron chi connectivity index (χ0n) is 18.9. The third kappa shape index (κ3) is 5.64. The van der Waals surface area contributed by atoms with Gasteiger partial charge < -0.3 is 9.32 Å². The summed E-state index contributed by atoms with van der Waals surface area (Å²) in [6.07, 6.45) is -0.594. The Balaban J connectivity index is 1.56. The van der Waals surface area contributed by atoms with Crippen molar-refractivity contribution in [2.75, 3.05) is 24.2 Å². The maximum Gasteiger partial charge on any atom is 0.324 e. The molecule has 1 aliphatic heterocycles. The molecule has 1 aromatic heterocycles. The van der Waals surface area contributed by atoms with Gasteiger partial charge in [-0.3, -0.25) is 9.68 Å². The van der Waals surface area contributed by atoms with Crippen LogP contribution in [0.25, 0.3) is 11.5 Å². The standard InChI is InChI=1S/C23H24F3N5O3S/c1-35(27,33)18-9-11-30(12-10-18)23(32)31(17-5-3-2-4-6-17)14-16-8-7-15(13-19(16)24)21-28-29-22(34-21)20(25)26/h2-8,13,18,20,27H,9-12,14H2,1H3. The van der Waals surface area contributed by atoms with Gasteiger partial charge in [-0.2, -0.15) is 8.78 Å². The molecule has 4 rings (SSSR count). The molecule has 1 fully saturated rings. The number of para-hydroxylation sites is 1. The van der Waals surface area contributed by atoms with Crippen LogP contribution in [0, 0.1) is 10.6 Å². The Kier molecular flexibility index (Phi) is 7.10. The number of alkyl halides is 2. The molecule has 0 aliphatic carbocycles. The third-order valence-electron chi connectivity index (χ3n) is 5.90. The fourth-order valence-corrected chi connectivity index (χ4v) is 5.07. The maximum atomic E-state index is 15.0. The summed E-state index contributed by atoms with van der Waals surface area (Å²) in [6, 6.07) is 12.5. The molecule has 1 aliphatic rings. The monoisotopic (exact) mass is 507 g/mol. The number of urea groups is 1. The number of aromatic nitrogens is 2. The van der Waals surface area contributed by atoms with Crippen molar-refractivity contribution >= 4 is 21.4 Å². The molecule has 3 aromatic rings. The van der Waals surface area contributed by atoms with Crippen LogP contribution in [0.3, 0.4) is 0 Å². The molecule has 1 saturated heterocycles. The van der Waals surface area contributed by atoms with Crippen molar-refractivity contribution in [1.29, 1.82) is 4.78 Å².